The standard InChI is InChI=1S/C18H27N7O2/c1-4-24-16(21-25(18(24)27)12-11-22(2)3)14-7-6-10-23(13-14)17(26)15-8-5-9-19-20-15/h5,8-9,14H,4,6-7,10-13H2,1-3H3/t14-/m0/s1. The van der Waals surface area contributed by atoms with E-state index < -0.39 is 0 Å². The van der Waals surface area contributed by atoms with E-state index in [0.717, 1.165) is 25.2 Å². The molecule has 0 spiro atoms. The summed E-state index contributed by atoms with van der Waals surface area (Å²) in [5, 5.41) is 12.3. The van der Waals surface area contributed by atoms with Crippen LogP contribution in [0.15, 0.2) is 23.1 Å². The summed E-state index contributed by atoms with van der Waals surface area (Å²) in [6.45, 7) is 5.06. The monoisotopic (exact) mass is 373 g/mol. The number of likely N-dealkylation sites (N-methyl/N-ethyl adjacent to an activating group) is 1. The van der Waals surface area contributed by atoms with Crippen LogP contribution in [-0.2, 0) is 13.1 Å². The molecule has 9 nitrogen and oxygen atoms in total. The Morgan fingerprint density at radius 2 is 2.19 bits per heavy atom. The van der Waals surface area contributed by atoms with Gasteiger partial charge >= 0.3 is 5.69 Å². The largest absolute Gasteiger partial charge is 0.345 e. The minimum atomic E-state index is -0.120. The highest BCUT2D eigenvalue weighted by Crippen LogP contribution is 2.26. The first-order chi connectivity index (χ1) is 13.0. The summed E-state index contributed by atoms with van der Waals surface area (Å²) in [6, 6.07) is 3.39. The molecule has 0 bridgehead atoms. The lowest BCUT2D eigenvalue weighted by atomic mass is 9.97. The average Bonchev–Trinajstić information content (AvgIpc) is 3.02. The molecule has 2 aromatic rings. The number of aromatic nitrogens is 5. The SMILES string of the molecule is CCn1c([C@H]2CCCN(C(=O)c3cccnn3)C2)nn(CCN(C)C)c1=O. The third-order valence-corrected chi connectivity index (χ3v) is 4.89. The summed E-state index contributed by atoms with van der Waals surface area (Å²) in [4.78, 5) is 29.2. The molecular formula is C18H27N7O2. The van der Waals surface area contributed by atoms with Crippen molar-refractivity contribution in [2.75, 3.05) is 33.7 Å². The molecule has 3 rings (SSSR count). The van der Waals surface area contributed by atoms with Crippen molar-refractivity contribution in [3.05, 3.63) is 40.3 Å². The van der Waals surface area contributed by atoms with Crippen molar-refractivity contribution in [1.29, 1.82) is 0 Å². The summed E-state index contributed by atoms with van der Waals surface area (Å²) in [5.41, 5.74) is 0.272. The number of carbonyl (C=O) groups is 1. The third kappa shape index (κ3) is 4.24. The first-order valence-electron chi connectivity index (χ1n) is 9.40. The third-order valence-electron chi connectivity index (χ3n) is 4.89. The molecule has 3 heterocycles. The second-order valence-electron chi connectivity index (χ2n) is 7.11. The molecule has 1 fully saturated rings. The average molecular weight is 373 g/mol. The van der Waals surface area contributed by atoms with Gasteiger partial charge in [0.2, 0.25) is 0 Å². The molecule has 0 aliphatic carbocycles. The van der Waals surface area contributed by atoms with Crippen LogP contribution >= 0.6 is 0 Å². The number of rotatable bonds is 6. The number of amides is 1. The molecular weight excluding hydrogens is 346 g/mol. The van der Waals surface area contributed by atoms with E-state index in [4.69, 9.17) is 0 Å². The fraction of sp³-hybridized carbons (Fsp3) is 0.611. The van der Waals surface area contributed by atoms with Gasteiger partial charge in [-0.15, -0.1) is 5.10 Å². The lowest BCUT2D eigenvalue weighted by Crippen LogP contribution is -2.40. The van der Waals surface area contributed by atoms with Crippen molar-refractivity contribution < 1.29 is 4.79 Å². The Labute approximate surface area is 158 Å². The number of carbonyl (C=O) groups excluding carboxylic acids is 1. The summed E-state index contributed by atoms with van der Waals surface area (Å²) in [5.74, 6) is 0.704. The summed E-state index contributed by atoms with van der Waals surface area (Å²) < 4.78 is 3.28. The zero-order valence-corrected chi connectivity index (χ0v) is 16.2. The van der Waals surface area contributed by atoms with Crippen molar-refractivity contribution in [1.82, 2.24) is 34.3 Å². The van der Waals surface area contributed by atoms with Crippen LogP contribution in [0.3, 0.4) is 0 Å². The smallest absolute Gasteiger partial charge is 0.337 e. The van der Waals surface area contributed by atoms with E-state index in [0.29, 0.717) is 31.9 Å². The molecule has 27 heavy (non-hydrogen) atoms. The Hall–Kier alpha value is -2.55. The fourth-order valence-corrected chi connectivity index (χ4v) is 3.45. The summed E-state index contributed by atoms with van der Waals surface area (Å²) >= 11 is 0. The van der Waals surface area contributed by atoms with E-state index in [9.17, 15) is 9.59 Å². The van der Waals surface area contributed by atoms with Gasteiger partial charge < -0.3 is 9.80 Å². The topological polar surface area (TPSA) is 89.2 Å². The predicted molar refractivity (Wildman–Crippen MR) is 101 cm³/mol. The van der Waals surface area contributed by atoms with Gasteiger partial charge in [-0.2, -0.15) is 10.2 Å². The highest BCUT2D eigenvalue weighted by atomic mass is 16.2. The van der Waals surface area contributed by atoms with Crippen molar-refractivity contribution in [3.63, 3.8) is 0 Å². The second kappa shape index (κ2) is 8.43. The molecule has 2 aromatic heterocycles. The van der Waals surface area contributed by atoms with E-state index in [-0.39, 0.29) is 17.5 Å². The Morgan fingerprint density at radius 3 is 2.85 bits per heavy atom. The van der Waals surface area contributed by atoms with Gasteiger partial charge in [0, 0.05) is 38.3 Å². The molecule has 9 heteroatoms. The molecule has 0 aromatic carbocycles. The number of hydrogen-bond donors (Lipinski definition) is 0. The van der Waals surface area contributed by atoms with Crippen molar-refractivity contribution in [2.45, 2.75) is 38.8 Å². The van der Waals surface area contributed by atoms with Crippen LogP contribution in [-0.4, -0.2) is 74.0 Å². The van der Waals surface area contributed by atoms with Crippen LogP contribution in [0.25, 0.3) is 0 Å². The van der Waals surface area contributed by atoms with Gasteiger partial charge in [0.25, 0.3) is 5.91 Å². The maximum absolute atomic E-state index is 12.7. The molecule has 0 saturated carbocycles. The molecule has 1 aliphatic heterocycles. The van der Waals surface area contributed by atoms with Crippen LogP contribution in [0.4, 0.5) is 0 Å². The van der Waals surface area contributed by atoms with Crippen LogP contribution in [0.2, 0.25) is 0 Å². The Morgan fingerprint density at radius 1 is 1.37 bits per heavy atom. The lowest BCUT2D eigenvalue weighted by Gasteiger charge is -2.32. The predicted octanol–water partition coefficient (Wildman–Crippen LogP) is 0.436. The van der Waals surface area contributed by atoms with Gasteiger partial charge in [-0.1, -0.05) is 0 Å². The number of piperidine rings is 1. The first kappa shape index (κ1) is 19.2. The van der Waals surface area contributed by atoms with Gasteiger partial charge in [0.15, 0.2) is 5.69 Å². The molecule has 1 saturated heterocycles. The quantitative estimate of drug-likeness (QED) is 0.730. The summed E-state index contributed by atoms with van der Waals surface area (Å²) in [6.07, 6.45) is 3.34. The molecule has 0 N–H and O–H groups in total. The minimum Gasteiger partial charge on any atom is -0.337 e. The highest BCUT2D eigenvalue weighted by Gasteiger charge is 2.30. The molecule has 1 amide bonds. The Kier molecular flexibility index (Phi) is 6.00. The van der Waals surface area contributed by atoms with E-state index in [2.05, 4.69) is 15.3 Å². The fourth-order valence-electron chi connectivity index (χ4n) is 3.45. The van der Waals surface area contributed by atoms with Gasteiger partial charge in [-0.05, 0) is 46.0 Å². The van der Waals surface area contributed by atoms with E-state index in [1.807, 2.05) is 25.9 Å². The minimum absolute atomic E-state index is 0.0487. The van der Waals surface area contributed by atoms with Gasteiger partial charge in [0.1, 0.15) is 5.82 Å². The van der Waals surface area contributed by atoms with Crippen molar-refractivity contribution in [2.24, 2.45) is 0 Å². The lowest BCUT2D eigenvalue weighted by molar-refractivity contribution is 0.0696. The molecule has 1 aliphatic rings. The van der Waals surface area contributed by atoms with Crippen molar-refractivity contribution >= 4 is 5.91 Å². The number of likely N-dealkylation sites (tertiary alicyclic amines) is 1. The van der Waals surface area contributed by atoms with E-state index in [1.165, 1.54) is 0 Å². The first-order valence-corrected chi connectivity index (χ1v) is 9.40. The number of nitrogens with zero attached hydrogens (tertiary/aromatic N) is 7. The van der Waals surface area contributed by atoms with Gasteiger partial charge in [-0.3, -0.25) is 9.36 Å². The van der Waals surface area contributed by atoms with Gasteiger partial charge in [0.05, 0.1) is 6.54 Å². The second-order valence-corrected chi connectivity index (χ2v) is 7.11. The Balaban J connectivity index is 1.80. The zero-order chi connectivity index (χ0) is 19.4. The molecule has 0 unspecified atom stereocenters. The zero-order valence-electron chi connectivity index (χ0n) is 16.2. The number of hydrogen-bond acceptors (Lipinski definition) is 6. The summed E-state index contributed by atoms with van der Waals surface area (Å²) in [7, 11) is 3.94. The molecule has 1 atom stereocenters. The normalized spacial score (nSPS) is 17.5. The van der Waals surface area contributed by atoms with Crippen molar-refractivity contribution in [3.8, 4) is 0 Å². The van der Waals surface area contributed by atoms with Crippen LogP contribution in [0.5, 0.6) is 0 Å². The Bertz CT molecular complexity index is 828. The molecule has 146 valence electrons. The maximum atomic E-state index is 12.7. The maximum Gasteiger partial charge on any atom is 0.345 e. The van der Waals surface area contributed by atoms with Crippen LogP contribution in [0, 0.1) is 0 Å². The van der Waals surface area contributed by atoms with Gasteiger partial charge in [-0.25, -0.2) is 9.48 Å². The van der Waals surface area contributed by atoms with Crippen LogP contribution in [0.1, 0.15) is 42.0 Å². The molecule has 0 radical (unpaired) electrons. The van der Waals surface area contributed by atoms with Crippen LogP contribution < -0.4 is 5.69 Å². The highest BCUT2D eigenvalue weighted by molar-refractivity contribution is 5.92. The van der Waals surface area contributed by atoms with E-state index >= 15 is 0 Å². The van der Waals surface area contributed by atoms with E-state index in [1.54, 1.807) is 32.5 Å².